The molecule has 0 bridgehead atoms. The molecule has 0 unspecified atom stereocenters. The topological polar surface area (TPSA) is 78.5 Å². The van der Waals surface area contributed by atoms with E-state index in [1.807, 2.05) is 30.3 Å². The highest BCUT2D eigenvalue weighted by Crippen LogP contribution is 2.33. The molecule has 0 spiro atoms. The average molecular weight is 260 g/mol. The standard InChI is InChI=1S/C15H8N4O/c16-6-9-5-13-11(7-17-9)15(19-18-13)12-8-20-14-4-2-1-3-10(12)14/h1-5,7-8H,(H,18,19). The van der Waals surface area contributed by atoms with Crippen molar-refractivity contribution in [3.63, 3.8) is 0 Å². The summed E-state index contributed by atoms with van der Waals surface area (Å²) in [4.78, 5) is 4.10. The number of hydrogen-bond donors (Lipinski definition) is 1. The summed E-state index contributed by atoms with van der Waals surface area (Å²) in [5, 5.41) is 18.0. The third kappa shape index (κ3) is 1.42. The SMILES string of the molecule is N#Cc1cc2[nH]nc(-c3coc4ccccc34)c2cn1. The Morgan fingerprint density at radius 3 is 3.00 bits per heavy atom. The van der Waals surface area contributed by atoms with E-state index in [9.17, 15) is 0 Å². The molecular formula is C15H8N4O. The van der Waals surface area contributed by atoms with Crippen LogP contribution < -0.4 is 0 Å². The molecule has 0 saturated heterocycles. The summed E-state index contributed by atoms with van der Waals surface area (Å²) >= 11 is 0. The number of aromatic nitrogens is 3. The van der Waals surface area contributed by atoms with Crippen molar-refractivity contribution in [1.29, 1.82) is 5.26 Å². The predicted octanol–water partition coefficient (Wildman–Crippen LogP) is 3.24. The van der Waals surface area contributed by atoms with Crippen molar-refractivity contribution in [2.75, 3.05) is 0 Å². The molecule has 1 aromatic carbocycles. The second-order valence-electron chi connectivity index (χ2n) is 4.44. The van der Waals surface area contributed by atoms with Crippen LogP contribution in [0.5, 0.6) is 0 Å². The molecule has 3 aromatic heterocycles. The number of pyridine rings is 1. The minimum Gasteiger partial charge on any atom is -0.464 e. The van der Waals surface area contributed by atoms with E-state index < -0.39 is 0 Å². The van der Waals surface area contributed by atoms with Gasteiger partial charge in [0.2, 0.25) is 0 Å². The molecule has 0 saturated carbocycles. The summed E-state index contributed by atoms with van der Waals surface area (Å²) < 4.78 is 5.54. The molecule has 4 rings (SSSR count). The molecule has 0 aliphatic heterocycles. The van der Waals surface area contributed by atoms with Crippen molar-refractivity contribution in [2.24, 2.45) is 0 Å². The van der Waals surface area contributed by atoms with Gasteiger partial charge >= 0.3 is 0 Å². The van der Waals surface area contributed by atoms with Gasteiger partial charge in [0.15, 0.2) is 0 Å². The van der Waals surface area contributed by atoms with Crippen molar-refractivity contribution >= 4 is 21.9 Å². The van der Waals surface area contributed by atoms with Gasteiger partial charge in [0, 0.05) is 28.6 Å². The predicted molar refractivity (Wildman–Crippen MR) is 73.8 cm³/mol. The third-order valence-electron chi connectivity index (χ3n) is 3.30. The molecule has 4 aromatic rings. The first-order chi connectivity index (χ1) is 9.86. The highest BCUT2D eigenvalue weighted by molar-refractivity contribution is 6.01. The zero-order valence-electron chi connectivity index (χ0n) is 10.3. The Hall–Kier alpha value is -3.13. The minimum atomic E-state index is 0.366. The minimum absolute atomic E-state index is 0.366. The monoisotopic (exact) mass is 260 g/mol. The van der Waals surface area contributed by atoms with Crippen molar-refractivity contribution in [3.8, 4) is 17.3 Å². The van der Waals surface area contributed by atoms with Gasteiger partial charge in [-0.25, -0.2) is 4.98 Å². The summed E-state index contributed by atoms with van der Waals surface area (Å²) in [6.45, 7) is 0. The maximum atomic E-state index is 8.87. The quantitative estimate of drug-likeness (QED) is 0.569. The van der Waals surface area contributed by atoms with Gasteiger partial charge in [0.1, 0.15) is 29.3 Å². The number of nitriles is 1. The van der Waals surface area contributed by atoms with Gasteiger partial charge in [0.05, 0.1) is 5.52 Å². The number of hydrogen-bond acceptors (Lipinski definition) is 4. The van der Waals surface area contributed by atoms with E-state index in [0.717, 1.165) is 33.1 Å². The van der Waals surface area contributed by atoms with Gasteiger partial charge in [-0.05, 0) is 6.07 Å². The molecule has 0 radical (unpaired) electrons. The van der Waals surface area contributed by atoms with Crippen molar-refractivity contribution in [3.05, 3.63) is 48.5 Å². The second-order valence-corrected chi connectivity index (χ2v) is 4.44. The summed E-state index contributed by atoms with van der Waals surface area (Å²) in [5.74, 6) is 0. The molecule has 0 aliphatic rings. The average Bonchev–Trinajstić information content (AvgIpc) is 3.09. The second kappa shape index (κ2) is 3.93. The number of H-pyrrole nitrogens is 1. The molecule has 0 aliphatic carbocycles. The zero-order chi connectivity index (χ0) is 13.5. The number of rotatable bonds is 1. The summed E-state index contributed by atoms with van der Waals surface area (Å²) in [6.07, 6.45) is 3.35. The highest BCUT2D eigenvalue weighted by atomic mass is 16.3. The maximum Gasteiger partial charge on any atom is 0.142 e. The van der Waals surface area contributed by atoms with E-state index in [-0.39, 0.29) is 0 Å². The Labute approximate surface area is 113 Å². The molecule has 3 heterocycles. The van der Waals surface area contributed by atoms with Crippen LogP contribution in [0, 0.1) is 11.3 Å². The number of fused-ring (bicyclic) bond motifs is 2. The van der Waals surface area contributed by atoms with Gasteiger partial charge in [-0.3, -0.25) is 5.10 Å². The van der Waals surface area contributed by atoms with Crippen LogP contribution in [0.15, 0.2) is 47.2 Å². The fourth-order valence-corrected chi connectivity index (χ4v) is 2.34. The molecule has 5 heteroatoms. The maximum absolute atomic E-state index is 8.87. The van der Waals surface area contributed by atoms with Crippen LogP contribution in [-0.4, -0.2) is 15.2 Å². The first-order valence-corrected chi connectivity index (χ1v) is 6.07. The Balaban J connectivity index is 2.01. The fourth-order valence-electron chi connectivity index (χ4n) is 2.34. The zero-order valence-corrected chi connectivity index (χ0v) is 10.3. The van der Waals surface area contributed by atoms with Crippen LogP contribution >= 0.6 is 0 Å². The number of furan rings is 1. The number of para-hydroxylation sites is 1. The molecule has 20 heavy (non-hydrogen) atoms. The number of aromatic amines is 1. The normalized spacial score (nSPS) is 10.9. The first kappa shape index (κ1) is 10.8. The van der Waals surface area contributed by atoms with Gasteiger partial charge < -0.3 is 4.42 Å². The molecule has 0 fully saturated rings. The molecular weight excluding hydrogens is 252 g/mol. The lowest BCUT2D eigenvalue weighted by molar-refractivity contribution is 0.617. The molecule has 5 nitrogen and oxygen atoms in total. The first-order valence-electron chi connectivity index (χ1n) is 6.07. The van der Waals surface area contributed by atoms with Crippen LogP contribution in [0.4, 0.5) is 0 Å². The number of benzene rings is 1. The van der Waals surface area contributed by atoms with E-state index in [2.05, 4.69) is 15.2 Å². The fraction of sp³-hybridized carbons (Fsp3) is 0. The van der Waals surface area contributed by atoms with Crippen molar-refractivity contribution < 1.29 is 4.42 Å². The lowest BCUT2D eigenvalue weighted by Crippen LogP contribution is -1.81. The lowest BCUT2D eigenvalue weighted by atomic mass is 10.1. The van der Waals surface area contributed by atoms with Gasteiger partial charge in [-0.1, -0.05) is 18.2 Å². The van der Waals surface area contributed by atoms with Gasteiger partial charge in [-0.2, -0.15) is 10.4 Å². The van der Waals surface area contributed by atoms with Crippen LogP contribution in [0.3, 0.4) is 0 Å². The largest absolute Gasteiger partial charge is 0.464 e. The van der Waals surface area contributed by atoms with Crippen LogP contribution in [0.2, 0.25) is 0 Å². The number of nitrogens with one attached hydrogen (secondary N) is 1. The van der Waals surface area contributed by atoms with Crippen LogP contribution in [0.1, 0.15) is 5.69 Å². The van der Waals surface area contributed by atoms with E-state index in [1.54, 1.807) is 18.5 Å². The number of nitrogens with zero attached hydrogens (tertiary/aromatic N) is 3. The Bertz CT molecular complexity index is 974. The summed E-state index contributed by atoms with van der Waals surface area (Å²) in [5.41, 5.74) is 3.67. The van der Waals surface area contributed by atoms with Gasteiger partial charge in [-0.15, -0.1) is 0 Å². The molecule has 94 valence electrons. The van der Waals surface area contributed by atoms with E-state index >= 15 is 0 Å². The Morgan fingerprint density at radius 1 is 1.20 bits per heavy atom. The van der Waals surface area contributed by atoms with E-state index in [0.29, 0.717) is 5.69 Å². The Kier molecular flexibility index (Phi) is 2.12. The van der Waals surface area contributed by atoms with Crippen molar-refractivity contribution in [2.45, 2.75) is 0 Å². The highest BCUT2D eigenvalue weighted by Gasteiger charge is 2.14. The summed E-state index contributed by atoms with van der Waals surface area (Å²) in [7, 11) is 0. The van der Waals surface area contributed by atoms with Crippen LogP contribution in [0.25, 0.3) is 33.1 Å². The molecule has 0 atom stereocenters. The Morgan fingerprint density at radius 2 is 2.10 bits per heavy atom. The molecule has 1 N–H and O–H groups in total. The smallest absolute Gasteiger partial charge is 0.142 e. The van der Waals surface area contributed by atoms with Gasteiger partial charge in [0.25, 0.3) is 0 Å². The lowest BCUT2D eigenvalue weighted by Gasteiger charge is -1.94. The third-order valence-corrected chi connectivity index (χ3v) is 3.30. The van der Waals surface area contributed by atoms with E-state index in [4.69, 9.17) is 9.68 Å². The van der Waals surface area contributed by atoms with Crippen LogP contribution in [-0.2, 0) is 0 Å². The van der Waals surface area contributed by atoms with Crippen molar-refractivity contribution in [1.82, 2.24) is 15.2 Å². The van der Waals surface area contributed by atoms with E-state index in [1.165, 1.54) is 0 Å². The summed E-state index contributed by atoms with van der Waals surface area (Å²) in [6, 6.07) is 11.5. The molecule has 0 amide bonds.